The van der Waals surface area contributed by atoms with Gasteiger partial charge in [-0.1, -0.05) is 57.5 Å². The largest absolute Gasteiger partial charge is 0.329 e. The van der Waals surface area contributed by atoms with Crippen LogP contribution in [0.1, 0.15) is 38.8 Å². The van der Waals surface area contributed by atoms with E-state index in [2.05, 4.69) is 56.0 Å². The maximum Gasteiger partial charge on any atom is 0.0470 e. The molecule has 0 aliphatic rings. The van der Waals surface area contributed by atoms with Gasteiger partial charge in [0, 0.05) is 19.1 Å². The number of benzene rings is 1. The van der Waals surface area contributed by atoms with Crippen molar-refractivity contribution in [3.05, 3.63) is 35.9 Å². The average Bonchev–Trinajstić information content (AvgIpc) is 2.39. The average molecular weight is 234 g/mol. The van der Waals surface area contributed by atoms with Crippen molar-refractivity contribution in [2.24, 2.45) is 11.7 Å². The summed E-state index contributed by atoms with van der Waals surface area (Å²) in [5.74, 6) is 0.729. The van der Waals surface area contributed by atoms with Crippen molar-refractivity contribution in [3.63, 3.8) is 0 Å². The van der Waals surface area contributed by atoms with Gasteiger partial charge in [0.2, 0.25) is 0 Å². The third kappa shape index (κ3) is 4.14. The Bertz CT molecular complexity index is 297. The zero-order valence-corrected chi connectivity index (χ0v) is 11.4. The van der Waals surface area contributed by atoms with E-state index in [1.165, 1.54) is 12.0 Å². The number of hydrogen-bond donors (Lipinski definition) is 1. The molecule has 1 aromatic rings. The number of nitrogens with two attached hydrogens (primary N) is 1. The molecule has 0 radical (unpaired) electrons. The molecule has 1 rings (SSSR count). The molecule has 0 aromatic heterocycles. The van der Waals surface area contributed by atoms with Crippen molar-refractivity contribution >= 4 is 0 Å². The molecule has 0 saturated carbocycles. The van der Waals surface area contributed by atoms with Crippen molar-refractivity contribution < 1.29 is 0 Å². The smallest absolute Gasteiger partial charge is 0.0470 e. The van der Waals surface area contributed by atoms with Gasteiger partial charge in [-0.15, -0.1) is 0 Å². The van der Waals surface area contributed by atoms with E-state index >= 15 is 0 Å². The molecule has 96 valence electrons. The highest BCUT2D eigenvalue weighted by Gasteiger charge is 2.18. The number of rotatable bonds is 7. The predicted octanol–water partition coefficient (Wildman–Crippen LogP) is 3.05. The second-order valence-electron chi connectivity index (χ2n) is 4.76. The molecule has 2 N–H and O–H groups in total. The van der Waals surface area contributed by atoms with Gasteiger partial charge in [-0.25, -0.2) is 0 Å². The Hall–Kier alpha value is -0.860. The zero-order valence-electron chi connectivity index (χ0n) is 11.4. The minimum absolute atomic E-state index is 0.357. The molecule has 0 heterocycles. The highest BCUT2D eigenvalue weighted by atomic mass is 15.2. The first-order chi connectivity index (χ1) is 8.22. The van der Waals surface area contributed by atoms with Crippen molar-refractivity contribution in [1.29, 1.82) is 0 Å². The molecule has 0 saturated heterocycles. The van der Waals surface area contributed by atoms with E-state index in [0.29, 0.717) is 12.6 Å². The normalized spacial score (nSPS) is 14.9. The molecule has 0 amide bonds. The van der Waals surface area contributed by atoms with Gasteiger partial charge in [0.1, 0.15) is 0 Å². The van der Waals surface area contributed by atoms with Crippen LogP contribution < -0.4 is 5.73 Å². The second-order valence-corrected chi connectivity index (χ2v) is 4.76. The summed E-state index contributed by atoms with van der Waals surface area (Å²) in [6.45, 7) is 9.65. The molecule has 0 bridgehead atoms. The van der Waals surface area contributed by atoms with Crippen LogP contribution in [0.4, 0.5) is 0 Å². The van der Waals surface area contributed by atoms with Crippen LogP contribution in [0.25, 0.3) is 0 Å². The SMILES string of the molecule is CCC(C)CN(CC)C(CN)c1ccccc1. The van der Waals surface area contributed by atoms with Gasteiger partial charge in [-0.3, -0.25) is 4.90 Å². The summed E-state index contributed by atoms with van der Waals surface area (Å²) < 4.78 is 0. The van der Waals surface area contributed by atoms with Crippen LogP contribution in [-0.2, 0) is 0 Å². The van der Waals surface area contributed by atoms with Crippen molar-refractivity contribution in [1.82, 2.24) is 4.90 Å². The lowest BCUT2D eigenvalue weighted by atomic mass is 10.0. The van der Waals surface area contributed by atoms with Gasteiger partial charge in [0.15, 0.2) is 0 Å². The standard InChI is InChI=1S/C15H26N2/c1-4-13(3)12-17(5-2)15(11-16)14-9-7-6-8-10-14/h6-10,13,15H,4-5,11-12,16H2,1-3H3. The zero-order chi connectivity index (χ0) is 12.7. The van der Waals surface area contributed by atoms with E-state index in [9.17, 15) is 0 Å². The van der Waals surface area contributed by atoms with E-state index < -0.39 is 0 Å². The Kier molecular flexibility index (Phi) is 6.23. The summed E-state index contributed by atoms with van der Waals surface area (Å²) in [6.07, 6.45) is 1.22. The molecule has 17 heavy (non-hydrogen) atoms. The third-order valence-electron chi connectivity index (χ3n) is 3.50. The molecule has 0 aliphatic carbocycles. The van der Waals surface area contributed by atoms with Crippen LogP contribution in [0, 0.1) is 5.92 Å². The Morgan fingerprint density at radius 3 is 2.29 bits per heavy atom. The molecule has 0 spiro atoms. The van der Waals surface area contributed by atoms with E-state index in [0.717, 1.165) is 19.0 Å². The summed E-state index contributed by atoms with van der Waals surface area (Å²) >= 11 is 0. The predicted molar refractivity (Wildman–Crippen MR) is 74.9 cm³/mol. The highest BCUT2D eigenvalue weighted by molar-refractivity contribution is 5.19. The molecule has 2 nitrogen and oxygen atoms in total. The van der Waals surface area contributed by atoms with Crippen LogP contribution >= 0.6 is 0 Å². The highest BCUT2D eigenvalue weighted by Crippen LogP contribution is 2.20. The van der Waals surface area contributed by atoms with E-state index in [4.69, 9.17) is 5.73 Å². The molecule has 1 aromatic carbocycles. The van der Waals surface area contributed by atoms with Gasteiger partial charge in [0.05, 0.1) is 0 Å². The molecule has 0 fully saturated rings. The Labute approximate surface area is 106 Å². The summed E-state index contributed by atoms with van der Waals surface area (Å²) in [6, 6.07) is 11.0. The fourth-order valence-corrected chi connectivity index (χ4v) is 2.18. The summed E-state index contributed by atoms with van der Waals surface area (Å²) in [5, 5.41) is 0. The molecule has 0 aliphatic heterocycles. The lowest BCUT2D eigenvalue weighted by Gasteiger charge is -2.32. The molecular formula is C15H26N2. The quantitative estimate of drug-likeness (QED) is 0.785. The second kappa shape index (κ2) is 7.46. The topological polar surface area (TPSA) is 29.3 Å². The van der Waals surface area contributed by atoms with Gasteiger partial charge in [-0.2, -0.15) is 0 Å². The summed E-state index contributed by atoms with van der Waals surface area (Å²) in [5.41, 5.74) is 7.29. The minimum Gasteiger partial charge on any atom is -0.329 e. The molecule has 2 unspecified atom stereocenters. The maximum absolute atomic E-state index is 5.96. The maximum atomic E-state index is 5.96. The summed E-state index contributed by atoms with van der Waals surface area (Å²) in [7, 11) is 0. The lowest BCUT2D eigenvalue weighted by molar-refractivity contribution is 0.182. The minimum atomic E-state index is 0.357. The monoisotopic (exact) mass is 234 g/mol. The van der Waals surface area contributed by atoms with Crippen LogP contribution in [0.2, 0.25) is 0 Å². The van der Waals surface area contributed by atoms with Crippen LogP contribution in [0.3, 0.4) is 0 Å². The Morgan fingerprint density at radius 1 is 1.18 bits per heavy atom. The molecule has 2 atom stereocenters. The fourth-order valence-electron chi connectivity index (χ4n) is 2.18. The van der Waals surface area contributed by atoms with Crippen molar-refractivity contribution in [2.75, 3.05) is 19.6 Å². The fraction of sp³-hybridized carbons (Fsp3) is 0.600. The first-order valence-corrected chi connectivity index (χ1v) is 6.71. The van der Waals surface area contributed by atoms with Crippen LogP contribution in [0.15, 0.2) is 30.3 Å². The third-order valence-corrected chi connectivity index (χ3v) is 3.50. The van der Waals surface area contributed by atoms with Gasteiger partial charge in [0.25, 0.3) is 0 Å². The Balaban J connectivity index is 2.76. The first kappa shape index (κ1) is 14.2. The lowest BCUT2D eigenvalue weighted by Crippen LogP contribution is -2.36. The number of hydrogen-bond acceptors (Lipinski definition) is 2. The van der Waals surface area contributed by atoms with E-state index in [-0.39, 0.29) is 0 Å². The Morgan fingerprint density at radius 2 is 1.82 bits per heavy atom. The molecule has 2 heteroatoms. The van der Waals surface area contributed by atoms with Crippen LogP contribution in [0.5, 0.6) is 0 Å². The van der Waals surface area contributed by atoms with Crippen molar-refractivity contribution in [3.8, 4) is 0 Å². The number of nitrogens with zero attached hydrogens (tertiary/aromatic N) is 1. The molecular weight excluding hydrogens is 208 g/mol. The van der Waals surface area contributed by atoms with Gasteiger partial charge in [-0.05, 0) is 18.0 Å². The first-order valence-electron chi connectivity index (χ1n) is 6.71. The van der Waals surface area contributed by atoms with E-state index in [1.54, 1.807) is 0 Å². The number of likely N-dealkylation sites (N-methyl/N-ethyl adjacent to an activating group) is 1. The van der Waals surface area contributed by atoms with E-state index in [1.807, 2.05) is 0 Å². The van der Waals surface area contributed by atoms with Crippen molar-refractivity contribution in [2.45, 2.75) is 33.2 Å². The summed E-state index contributed by atoms with van der Waals surface area (Å²) in [4.78, 5) is 2.49. The van der Waals surface area contributed by atoms with Gasteiger partial charge >= 0.3 is 0 Å². The van der Waals surface area contributed by atoms with Gasteiger partial charge < -0.3 is 5.73 Å². The van der Waals surface area contributed by atoms with Crippen LogP contribution in [-0.4, -0.2) is 24.5 Å².